The average molecular weight is 566 g/mol. The minimum absolute atomic E-state index is 0.00311. The van der Waals surface area contributed by atoms with Gasteiger partial charge in [0.15, 0.2) is 0 Å². The van der Waals surface area contributed by atoms with E-state index in [9.17, 15) is 4.79 Å². The summed E-state index contributed by atoms with van der Waals surface area (Å²) in [7, 11) is 0. The molecule has 5 rings (SSSR count). The van der Waals surface area contributed by atoms with Crippen molar-refractivity contribution in [1.82, 2.24) is 14.7 Å². The maximum Gasteiger partial charge on any atom is 0.227 e. The Kier molecular flexibility index (Phi) is 9.41. The predicted molar refractivity (Wildman–Crippen MR) is 166 cm³/mol. The molecule has 3 aliphatic rings. The minimum Gasteiger partial charge on any atom is -0.368 e. The Morgan fingerprint density at radius 2 is 1.65 bits per heavy atom. The van der Waals surface area contributed by atoms with E-state index in [0.29, 0.717) is 17.9 Å². The van der Waals surface area contributed by atoms with Crippen LogP contribution in [0.4, 0.5) is 5.69 Å². The summed E-state index contributed by atoms with van der Waals surface area (Å²) >= 11 is 6.23. The zero-order valence-corrected chi connectivity index (χ0v) is 25.6. The van der Waals surface area contributed by atoms with Crippen LogP contribution >= 0.6 is 11.6 Å². The van der Waals surface area contributed by atoms with Crippen LogP contribution in [0.15, 0.2) is 42.5 Å². The van der Waals surface area contributed by atoms with Gasteiger partial charge in [-0.2, -0.15) is 0 Å². The van der Waals surface area contributed by atoms with E-state index in [1.807, 2.05) is 12.1 Å². The number of amides is 1. The lowest BCUT2D eigenvalue weighted by Crippen LogP contribution is -2.51. The van der Waals surface area contributed by atoms with E-state index < -0.39 is 0 Å². The number of halogens is 1. The summed E-state index contributed by atoms with van der Waals surface area (Å²) in [6.45, 7) is 17.2. The first-order chi connectivity index (χ1) is 19.2. The van der Waals surface area contributed by atoms with Crippen LogP contribution in [-0.4, -0.2) is 85.6 Å². The lowest BCUT2D eigenvalue weighted by molar-refractivity contribution is -0.135. The molecule has 0 saturated carbocycles. The quantitative estimate of drug-likeness (QED) is 0.503. The molecule has 2 N–H and O–H groups in total. The zero-order chi connectivity index (χ0) is 28.4. The van der Waals surface area contributed by atoms with E-state index in [4.69, 9.17) is 17.3 Å². The highest BCUT2D eigenvalue weighted by molar-refractivity contribution is 6.30. The lowest BCUT2D eigenvalue weighted by Gasteiger charge is -2.39. The Morgan fingerprint density at radius 1 is 0.975 bits per heavy atom. The number of hydrogen-bond donors (Lipinski definition) is 1. The first kappa shape index (κ1) is 29.4. The summed E-state index contributed by atoms with van der Waals surface area (Å²) in [6, 6.07) is 15.4. The molecule has 1 amide bonds. The zero-order valence-electron chi connectivity index (χ0n) is 24.9. The van der Waals surface area contributed by atoms with Crippen molar-refractivity contribution in [2.24, 2.45) is 17.6 Å². The largest absolute Gasteiger partial charge is 0.368 e. The molecule has 2 aromatic rings. The monoisotopic (exact) mass is 565 g/mol. The average Bonchev–Trinajstić information content (AvgIpc) is 3.42. The summed E-state index contributed by atoms with van der Waals surface area (Å²) in [6.07, 6.45) is 2.39. The van der Waals surface area contributed by atoms with Crippen LogP contribution in [-0.2, 0) is 4.79 Å². The fraction of sp³-hybridized carbons (Fsp3) is 0.606. The lowest BCUT2D eigenvalue weighted by atomic mass is 9.88. The highest BCUT2D eigenvalue weighted by atomic mass is 35.5. The third kappa shape index (κ3) is 6.35. The normalized spacial score (nSPS) is 24.2. The molecule has 218 valence electrons. The molecule has 2 aromatic carbocycles. The Labute approximate surface area is 246 Å². The van der Waals surface area contributed by atoms with E-state index in [-0.39, 0.29) is 17.9 Å². The van der Waals surface area contributed by atoms with Gasteiger partial charge in [0, 0.05) is 68.0 Å². The topological polar surface area (TPSA) is 56.0 Å². The van der Waals surface area contributed by atoms with Crippen LogP contribution in [0, 0.1) is 18.8 Å². The number of nitrogens with zero attached hydrogens (tertiary/aromatic N) is 4. The molecule has 0 aliphatic carbocycles. The van der Waals surface area contributed by atoms with Crippen LogP contribution in [0.5, 0.6) is 0 Å². The number of nitrogens with two attached hydrogens (primary N) is 1. The third-order valence-corrected chi connectivity index (χ3v) is 9.93. The second-order valence-electron chi connectivity index (χ2n) is 12.5. The number of carbonyl (C=O) groups is 1. The van der Waals surface area contributed by atoms with Crippen molar-refractivity contribution in [2.45, 2.75) is 58.5 Å². The van der Waals surface area contributed by atoms with Crippen LogP contribution < -0.4 is 10.6 Å². The Bertz CT molecular complexity index is 1140. The van der Waals surface area contributed by atoms with Crippen molar-refractivity contribution in [1.29, 1.82) is 0 Å². The molecule has 3 atom stereocenters. The maximum absolute atomic E-state index is 14.2. The molecule has 3 heterocycles. The fourth-order valence-corrected chi connectivity index (χ4v) is 7.15. The third-order valence-electron chi connectivity index (χ3n) is 9.68. The van der Waals surface area contributed by atoms with E-state index in [1.54, 1.807) is 0 Å². The molecule has 40 heavy (non-hydrogen) atoms. The summed E-state index contributed by atoms with van der Waals surface area (Å²) in [5.74, 6) is 0.879. The molecule has 0 radical (unpaired) electrons. The van der Waals surface area contributed by atoms with Crippen molar-refractivity contribution < 1.29 is 4.79 Å². The minimum atomic E-state index is -0.0128. The second-order valence-corrected chi connectivity index (χ2v) is 13.0. The smallest absolute Gasteiger partial charge is 0.227 e. The number of piperidine rings is 1. The highest BCUT2D eigenvalue weighted by Gasteiger charge is 2.43. The van der Waals surface area contributed by atoms with Gasteiger partial charge < -0.3 is 20.4 Å². The van der Waals surface area contributed by atoms with E-state index in [1.165, 1.54) is 35.2 Å². The number of likely N-dealkylation sites (tertiary alicyclic amines) is 2. The summed E-state index contributed by atoms with van der Waals surface area (Å²) in [4.78, 5) is 23.9. The van der Waals surface area contributed by atoms with Crippen LogP contribution in [0.25, 0.3) is 0 Å². The molecule has 0 aromatic heterocycles. The van der Waals surface area contributed by atoms with Gasteiger partial charge in [-0.25, -0.2) is 0 Å². The summed E-state index contributed by atoms with van der Waals surface area (Å²) in [5.41, 5.74) is 11.6. The van der Waals surface area contributed by atoms with Gasteiger partial charge in [-0.1, -0.05) is 62.2 Å². The first-order valence-electron chi connectivity index (χ1n) is 15.4. The van der Waals surface area contributed by atoms with Crippen molar-refractivity contribution in [2.75, 3.05) is 63.8 Å². The van der Waals surface area contributed by atoms with E-state index in [0.717, 1.165) is 63.9 Å². The number of anilines is 1. The molecular weight excluding hydrogens is 518 g/mol. The van der Waals surface area contributed by atoms with Gasteiger partial charge in [-0.15, -0.1) is 0 Å². The van der Waals surface area contributed by atoms with Crippen molar-refractivity contribution >= 4 is 23.2 Å². The Balaban J connectivity index is 1.29. The van der Waals surface area contributed by atoms with Crippen LogP contribution in [0.2, 0.25) is 5.02 Å². The summed E-state index contributed by atoms with van der Waals surface area (Å²) in [5, 5.41) is 0.747. The van der Waals surface area contributed by atoms with Crippen LogP contribution in [0.1, 0.15) is 62.3 Å². The van der Waals surface area contributed by atoms with Gasteiger partial charge in [-0.3, -0.25) is 9.69 Å². The number of benzene rings is 2. The number of carbonyl (C=O) groups excluding carboxylic acids is 1. The molecule has 0 spiro atoms. The first-order valence-corrected chi connectivity index (χ1v) is 15.7. The molecular formula is C33H48ClN5O. The molecule has 3 aliphatic heterocycles. The number of piperazine rings is 1. The van der Waals surface area contributed by atoms with Gasteiger partial charge in [-0.05, 0) is 74.6 Å². The second kappa shape index (κ2) is 12.8. The highest BCUT2D eigenvalue weighted by Crippen LogP contribution is 2.38. The van der Waals surface area contributed by atoms with Gasteiger partial charge in [0.2, 0.25) is 5.91 Å². The molecule has 0 unspecified atom stereocenters. The fourth-order valence-electron chi connectivity index (χ4n) is 7.02. The van der Waals surface area contributed by atoms with Crippen molar-refractivity contribution in [3.63, 3.8) is 0 Å². The number of aryl methyl sites for hydroxylation is 1. The Hall–Kier alpha value is -2.12. The summed E-state index contributed by atoms with van der Waals surface area (Å²) < 4.78 is 0. The maximum atomic E-state index is 14.2. The van der Waals surface area contributed by atoms with E-state index in [2.05, 4.69) is 77.6 Å². The number of rotatable bonds is 7. The van der Waals surface area contributed by atoms with Crippen molar-refractivity contribution in [3.8, 4) is 0 Å². The standard InChI is InChI=1S/C33H48ClN5O/c1-5-36-14-12-27(13-15-36)39-21-29(25-7-9-26(34)10-8-25)30(22-39)33(40)38-18-16-37(17-19-38)31-11-6-24(4)20-28(31)32(35)23(2)3/h6-11,20,23,27,29-30,32H,5,12-19,21-22,35H2,1-4H3/t29-,30+,32-/m0/s1. The van der Waals surface area contributed by atoms with Gasteiger partial charge >= 0.3 is 0 Å². The molecule has 3 saturated heterocycles. The molecule has 7 heteroatoms. The number of hydrogen-bond acceptors (Lipinski definition) is 5. The molecule has 6 nitrogen and oxygen atoms in total. The van der Waals surface area contributed by atoms with Gasteiger partial charge in [0.1, 0.15) is 0 Å². The van der Waals surface area contributed by atoms with Crippen molar-refractivity contribution in [3.05, 3.63) is 64.2 Å². The van der Waals surface area contributed by atoms with Crippen LogP contribution in [0.3, 0.4) is 0 Å². The molecule has 3 fully saturated rings. The predicted octanol–water partition coefficient (Wildman–Crippen LogP) is 5.15. The van der Waals surface area contributed by atoms with E-state index >= 15 is 0 Å². The Morgan fingerprint density at radius 3 is 2.27 bits per heavy atom. The van der Waals surface area contributed by atoms with Gasteiger partial charge in [0.05, 0.1) is 5.92 Å². The van der Waals surface area contributed by atoms with Gasteiger partial charge in [0.25, 0.3) is 0 Å². The molecule has 0 bridgehead atoms. The SMILES string of the molecule is CCN1CCC(N2C[C@@H](C(=O)N3CCN(c4ccc(C)cc4[C@@H](N)C(C)C)CC3)[C@H](c3ccc(Cl)cc3)C2)CC1.